The van der Waals surface area contributed by atoms with Gasteiger partial charge in [-0.05, 0) is 36.0 Å². The SMILES string of the molecule is CCc1ccc(C(NN)C2(c3ccccc3)CC2)cc1. The molecule has 1 aliphatic rings. The Bertz CT molecular complexity index is 556. The Morgan fingerprint density at radius 3 is 2.20 bits per heavy atom. The Labute approximate surface area is 121 Å². The summed E-state index contributed by atoms with van der Waals surface area (Å²) >= 11 is 0. The van der Waals surface area contributed by atoms with Crippen LogP contribution in [0.15, 0.2) is 54.6 Å². The molecule has 0 amide bonds. The highest BCUT2D eigenvalue weighted by Crippen LogP contribution is 2.56. The molecule has 0 aromatic heterocycles. The summed E-state index contributed by atoms with van der Waals surface area (Å²) in [6.45, 7) is 2.18. The minimum absolute atomic E-state index is 0.170. The first-order chi connectivity index (χ1) is 9.80. The quantitative estimate of drug-likeness (QED) is 0.642. The van der Waals surface area contributed by atoms with E-state index in [4.69, 9.17) is 5.84 Å². The van der Waals surface area contributed by atoms with Crippen molar-refractivity contribution >= 4 is 0 Å². The lowest BCUT2D eigenvalue weighted by atomic mass is 9.84. The highest BCUT2D eigenvalue weighted by molar-refractivity contribution is 5.39. The molecule has 0 bridgehead atoms. The van der Waals surface area contributed by atoms with Crippen molar-refractivity contribution in [2.24, 2.45) is 5.84 Å². The van der Waals surface area contributed by atoms with E-state index < -0.39 is 0 Å². The van der Waals surface area contributed by atoms with E-state index in [1.807, 2.05) is 0 Å². The van der Waals surface area contributed by atoms with Crippen LogP contribution in [0, 0.1) is 0 Å². The molecule has 2 aromatic rings. The Hall–Kier alpha value is -1.64. The third kappa shape index (κ3) is 2.26. The molecule has 0 saturated heterocycles. The third-order valence-corrected chi connectivity index (χ3v) is 4.58. The molecule has 2 aromatic carbocycles. The second kappa shape index (κ2) is 5.39. The molecule has 2 heteroatoms. The minimum Gasteiger partial charge on any atom is -0.271 e. The van der Waals surface area contributed by atoms with E-state index in [0.29, 0.717) is 0 Å². The highest BCUT2D eigenvalue weighted by atomic mass is 15.2. The van der Waals surface area contributed by atoms with Crippen molar-refractivity contribution in [3.8, 4) is 0 Å². The fraction of sp³-hybridized carbons (Fsp3) is 0.333. The van der Waals surface area contributed by atoms with Gasteiger partial charge < -0.3 is 0 Å². The molecule has 0 heterocycles. The van der Waals surface area contributed by atoms with Crippen molar-refractivity contribution in [2.45, 2.75) is 37.6 Å². The molecule has 3 N–H and O–H groups in total. The average molecular weight is 266 g/mol. The largest absolute Gasteiger partial charge is 0.271 e. The van der Waals surface area contributed by atoms with Crippen LogP contribution in [-0.4, -0.2) is 0 Å². The van der Waals surface area contributed by atoms with E-state index in [1.54, 1.807) is 0 Å². The molecule has 0 radical (unpaired) electrons. The Morgan fingerprint density at radius 2 is 1.70 bits per heavy atom. The average Bonchev–Trinajstić information content (AvgIpc) is 3.31. The van der Waals surface area contributed by atoms with Crippen molar-refractivity contribution in [1.82, 2.24) is 5.43 Å². The van der Waals surface area contributed by atoms with Gasteiger partial charge in [0.05, 0.1) is 6.04 Å². The summed E-state index contributed by atoms with van der Waals surface area (Å²) in [6.07, 6.45) is 3.47. The molecule has 1 aliphatic carbocycles. The van der Waals surface area contributed by atoms with Crippen molar-refractivity contribution < 1.29 is 0 Å². The molecule has 1 fully saturated rings. The van der Waals surface area contributed by atoms with Crippen molar-refractivity contribution in [3.05, 3.63) is 71.3 Å². The van der Waals surface area contributed by atoms with Crippen molar-refractivity contribution in [3.63, 3.8) is 0 Å². The van der Waals surface area contributed by atoms with Crippen LogP contribution < -0.4 is 11.3 Å². The lowest BCUT2D eigenvalue weighted by Gasteiger charge is -2.27. The van der Waals surface area contributed by atoms with E-state index in [-0.39, 0.29) is 11.5 Å². The fourth-order valence-corrected chi connectivity index (χ4v) is 3.17. The second-order valence-electron chi connectivity index (χ2n) is 5.72. The predicted molar refractivity (Wildman–Crippen MR) is 83.2 cm³/mol. The molecule has 3 rings (SSSR count). The van der Waals surface area contributed by atoms with Gasteiger partial charge in [-0.1, -0.05) is 61.5 Å². The van der Waals surface area contributed by atoms with Gasteiger partial charge in [0, 0.05) is 5.41 Å². The van der Waals surface area contributed by atoms with Gasteiger partial charge >= 0.3 is 0 Å². The minimum atomic E-state index is 0.170. The Morgan fingerprint density at radius 1 is 1.05 bits per heavy atom. The van der Waals surface area contributed by atoms with E-state index >= 15 is 0 Å². The molecule has 1 unspecified atom stereocenters. The van der Waals surface area contributed by atoms with Crippen LogP contribution in [0.1, 0.15) is 42.5 Å². The van der Waals surface area contributed by atoms with E-state index in [9.17, 15) is 0 Å². The van der Waals surface area contributed by atoms with Gasteiger partial charge in [0.2, 0.25) is 0 Å². The molecule has 2 nitrogen and oxygen atoms in total. The molecule has 1 saturated carbocycles. The number of rotatable bonds is 5. The van der Waals surface area contributed by atoms with Gasteiger partial charge in [0.25, 0.3) is 0 Å². The van der Waals surface area contributed by atoms with Crippen LogP contribution in [0.25, 0.3) is 0 Å². The summed E-state index contributed by atoms with van der Waals surface area (Å²) in [4.78, 5) is 0. The van der Waals surface area contributed by atoms with Crippen molar-refractivity contribution in [2.75, 3.05) is 0 Å². The van der Waals surface area contributed by atoms with E-state index in [0.717, 1.165) is 6.42 Å². The summed E-state index contributed by atoms with van der Waals surface area (Å²) in [7, 11) is 0. The topological polar surface area (TPSA) is 38.0 Å². The number of nitrogens with one attached hydrogen (secondary N) is 1. The monoisotopic (exact) mass is 266 g/mol. The third-order valence-electron chi connectivity index (χ3n) is 4.58. The molecule has 20 heavy (non-hydrogen) atoms. The maximum absolute atomic E-state index is 5.89. The first kappa shape index (κ1) is 13.3. The van der Waals surface area contributed by atoms with Crippen LogP contribution in [0.2, 0.25) is 0 Å². The Balaban J connectivity index is 1.93. The number of nitrogens with two attached hydrogens (primary N) is 1. The zero-order valence-electron chi connectivity index (χ0n) is 12.0. The predicted octanol–water partition coefficient (Wildman–Crippen LogP) is 3.49. The molecular formula is C18H22N2. The zero-order chi connectivity index (χ0) is 14.0. The summed E-state index contributed by atoms with van der Waals surface area (Å²) in [6, 6.07) is 19.8. The van der Waals surface area contributed by atoms with Gasteiger partial charge in [-0.3, -0.25) is 11.3 Å². The van der Waals surface area contributed by atoms with Crippen LogP contribution in [-0.2, 0) is 11.8 Å². The first-order valence-corrected chi connectivity index (χ1v) is 7.40. The van der Waals surface area contributed by atoms with Gasteiger partial charge in [0.15, 0.2) is 0 Å². The second-order valence-corrected chi connectivity index (χ2v) is 5.72. The van der Waals surface area contributed by atoms with Crippen LogP contribution in [0.3, 0.4) is 0 Å². The van der Waals surface area contributed by atoms with Gasteiger partial charge in [0.1, 0.15) is 0 Å². The maximum atomic E-state index is 5.89. The zero-order valence-corrected chi connectivity index (χ0v) is 12.0. The summed E-state index contributed by atoms with van der Waals surface area (Å²) < 4.78 is 0. The molecule has 0 spiro atoms. The van der Waals surface area contributed by atoms with Crippen molar-refractivity contribution in [1.29, 1.82) is 0 Å². The maximum Gasteiger partial charge on any atom is 0.0556 e. The van der Waals surface area contributed by atoms with Gasteiger partial charge in [-0.2, -0.15) is 0 Å². The first-order valence-electron chi connectivity index (χ1n) is 7.40. The lowest BCUT2D eigenvalue weighted by Crippen LogP contribution is -2.36. The summed E-state index contributed by atoms with van der Waals surface area (Å²) in [5, 5.41) is 0. The van der Waals surface area contributed by atoms with Crippen LogP contribution >= 0.6 is 0 Å². The number of hydrogen-bond acceptors (Lipinski definition) is 2. The standard InChI is InChI=1S/C18H22N2/c1-2-14-8-10-15(11-9-14)17(20-19)18(12-13-18)16-6-4-3-5-7-16/h3-11,17,20H,2,12-13,19H2,1H3. The number of benzene rings is 2. The summed E-state index contributed by atoms with van der Waals surface area (Å²) in [5.74, 6) is 5.89. The highest BCUT2D eigenvalue weighted by Gasteiger charge is 2.50. The normalized spacial score (nSPS) is 17.7. The number of hydrogen-bond donors (Lipinski definition) is 2. The van der Waals surface area contributed by atoms with E-state index in [1.165, 1.54) is 29.5 Å². The molecular weight excluding hydrogens is 244 g/mol. The van der Waals surface area contributed by atoms with Gasteiger partial charge in [-0.15, -0.1) is 0 Å². The van der Waals surface area contributed by atoms with Crippen LogP contribution in [0.5, 0.6) is 0 Å². The summed E-state index contributed by atoms with van der Waals surface area (Å²) in [5.41, 5.74) is 7.27. The molecule has 1 atom stereocenters. The van der Waals surface area contributed by atoms with E-state index in [2.05, 4.69) is 66.9 Å². The smallest absolute Gasteiger partial charge is 0.0556 e. The fourth-order valence-electron chi connectivity index (χ4n) is 3.17. The Kier molecular flexibility index (Phi) is 3.60. The lowest BCUT2D eigenvalue weighted by molar-refractivity contribution is 0.439. The molecule has 0 aliphatic heterocycles. The van der Waals surface area contributed by atoms with Crippen LogP contribution in [0.4, 0.5) is 0 Å². The molecule has 104 valence electrons. The number of hydrazine groups is 1. The van der Waals surface area contributed by atoms with Gasteiger partial charge in [-0.25, -0.2) is 0 Å². The number of aryl methyl sites for hydroxylation is 1.